The summed E-state index contributed by atoms with van der Waals surface area (Å²) in [6, 6.07) is 28.8. The molecule has 0 radical (unpaired) electrons. The highest BCUT2D eigenvalue weighted by molar-refractivity contribution is 5.16. The van der Waals surface area contributed by atoms with E-state index in [1.165, 1.54) is 0 Å². The van der Waals surface area contributed by atoms with E-state index in [4.69, 9.17) is 18.9 Å². The van der Waals surface area contributed by atoms with Crippen LogP contribution in [0.15, 0.2) is 91.0 Å². The van der Waals surface area contributed by atoms with Crippen LogP contribution in [-0.2, 0) is 38.8 Å². The van der Waals surface area contributed by atoms with Crippen LogP contribution in [0.25, 0.3) is 0 Å². The maximum atomic E-state index is 11.4. The van der Waals surface area contributed by atoms with Crippen molar-refractivity contribution in [3.63, 3.8) is 0 Å². The zero-order chi connectivity index (χ0) is 25.2. The second kappa shape index (κ2) is 13.6. The van der Waals surface area contributed by atoms with Gasteiger partial charge in [0, 0.05) is 0 Å². The summed E-state index contributed by atoms with van der Waals surface area (Å²) in [7, 11) is 0. The average molecular weight is 495 g/mol. The highest BCUT2D eigenvalue weighted by Gasteiger charge is 2.52. The first-order valence-electron chi connectivity index (χ1n) is 12.2. The summed E-state index contributed by atoms with van der Waals surface area (Å²) in [4.78, 5) is 0. The molecular formula is C29H34O7. The van der Waals surface area contributed by atoms with Crippen LogP contribution in [0.3, 0.4) is 0 Å². The van der Waals surface area contributed by atoms with Crippen molar-refractivity contribution in [2.75, 3.05) is 13.2 Å². The zero-order valence-corrected chi connectivity index (χ0v) is 20.1. The van der Waals surface area contributed by atoms with E-state index in [0.717, 1.165) is 16.7 Å². The number of aliphatic hydroxyl groups excluding tert-OH is 3. The number of hydrogen-bond donors (Lipinski definition) is 3. The first-order chi connectivity index (χ1) is 17.7. The first kappa shape index (κ1) is 26.4. The molecule has 0 unspecified atom stereocenters. The molecule has 0 bridgehead atoms. The lowest BCUT2D eigenvalue weighted by Gasteiger charge is -2.46. The molecule has 3 aromatic carbocycles. The lowest BCUT2D eigenvalue weighted by molar-refractivity contribution is -0.271. The van der Waals surface area contributed by atoms with Crippen LogP contribution < -0.4 is 0 Å². The van der Waals surface area contributed by atoms with Gasteiger partial charge in [-0.3, -0.25) is 0 Å². The Morgan fingerprint density at radius 2 is 0.833 bits per heavy atom. The van der Waals surface area contributed by atoms with Crippen molar-refractivity contribution in [3.05, 3.63) is 108 Å². The third-order valence-corrected chi connectivity index (χ3v) is 6.25. The summed E-state index contributed by atoms with van der Waals surface area (Å²) in [5, 5.41) is 32.0. The van der Waals surface area contributed by atoms with Gasteiger partial charge in [0.15, 0.2) is 0 Å². The molecule has 36 heavy (non-hydrogen) atoms. The van der Waals surface area contributed by atoms with Gasteiger partial charge < -0.3 is 34.3 Å². The lowest BCUT2D eigenvalue weighted by atomic mass is 9.84. The average Bonchev–Trinajstić information content (AvgIpc) is 2.92. The lowest BCUT2D eigenvalue weighted by Crippen LogP contribution is -2.66. The maximum Gasteiger partial charge on any atom is 0.115 e. The van der Waals surface area contributed by atoms with Crippen LogP contribution in [0.4, 0.5) is 0 Å². The largest absolute Gasteiger partial charge is 0.394 e. The van der Waals surface area contributed by atoms with Crippen molar-refractivity contribution >= 4 is 0 Å². The number of benzene rings is 3. The highest BCUT2D eigenvalue weighted by atomic mass is 16.6. The third kappa shape index (κ3) is 6.99. The van der Waals surface area contributed by atoms with Crippen LogP contribution in [0, 0.1) is 0 Å². The second-order valence-corrected chi connectivity index (χ2v) is 8.82. The van der Waals surface area contributed by atoms with Gasteiger partial charge in [-0.2, -0.15) is 0 Å². The normalized spacial score (nSPS) is 26.1. The molecule has 3 N–H and O–H groups in total. The molecule has 0 spiro atoms. The Hall–Kier alpha value is -2.62. The van der Waals surface area contributed by atoms with Crippen molar-refractivity contribution < 1.29 is 34.3 Å². The molecule has 6 atom stereocenters. The van der Waals surface area contributed by atoms with Gasteiger partial charge in [-0.25, -0.2) is 0 Å². The Labute approximate surface area is 211 Å². The number of aliphatic hydroxyl groups is 3. The summed E-state index contributed by atoms with van der Waals surface area (Å²) in [6.07, 6.45) is -5.89. The van der Waals surface area contributed by atoms with E-state index >= 15 is 0 Å². The Balaban J connectivity index is 1.56. The minimum absolute atomic E-state index is 0.000169. The molecule has 0 amide bonds. The van der Waals surface area contributed by atoms with Crippen molar-refractivity contribution in [1.29, 1.82) is 0 Å². The number of rotatable bonds is 12. The predicted molar refractivity (Wildman–Crippen MR) is 134 cm³/mol. The van der Waals surface area contributed by atoms with Crippen molar-refractivity contribution in [3.8, 4) is 0 Å². The molecule has 1 aliphatic rings. The number of ether oxygens (including phenoxy) is 4. The van der Waals surface area contributed by atoms with E-state index in [1.54, 1.807) is 0 Å². The van der Waals surface area contributed by atoms with E-state index < -0.39 is 36.6 Å². The quantitative estimate of drug-likeness (QED) is 0.356. The van der Waals surface area contributed by atoms with Crippen LogP contribution >= 0.6 is 0 Å². The van der Waals surface area contributed by atoms with Gasteiger partial charge in [-0.1, -0.05) is 91.0 Å². The van der Waals surface area contributed by atoms with Gasteiger partial charge in [-0.15, -0.1) is 0 Å². The van der Waals surface area contributed by atoms with Crippen LogP contribution in [0.5, 0.6) is 0 Å². The molecule has 0 aromatic heterocycles. The van der Waals surface area contributed by atoms with Gasteiger partial charge in [0.2, 0.25) is 0 Å². The fourth-order valence-electron chi connectivity index (χ4n) is 4.41. The summed E-state index contributed by atoms with van der Waals surface area (Å²) in [6.45, 7) is 0.460. The van der Waals surface area contributed by atoms with Crippen molar-refractivity contribution in [2.24, 2.45) is 0 Å². The standard InChI is InChI=1S/C29H34O7/c30-16-17-33-27-24(31)26(34-18-21-10-4-1-5-11-21)25(32)28(35-19-22-12-6-2-7-13-22)29(27)36-20-23-14-8-3-9-15-23/h1-15,24-32H,16-20H2/t24-,25+,26-,27+,28+,29-/m1/s1. The molecule has 0 saturated heterocycles. The Morgan fingerprint density at radius 3 is 1.25 bits per heavy atom. The number of hydrogen-bond acceptors (Lipinski definition) is 7. The van der Waals surface area contributed by atoms with E-state index in [9.17, 15) is 15.3 Å². The van der Waals surface area contributed by atoms with Gasteiger partial charge in [0.05, 0.1) is 33.0 Å². The highest BCUT2D eigenvalue weighted by Crippen LogP contribution is 2.32. The van der Waals surface area contributed by atoms with E-state index in [2.05, 4.69) is 0 Å². The smallest absolute Gasteiger partial charge is 0.115 e. The topological polar surface area (TPSA) is 97.6 Å². The van der Waals surface area contributed by atoms with Crippen LogP contribution in [0.1, 0.15) is 16.7 Å². The van der Waals surface area contributed by atoms with E-state index in [0.29, 0.717) is 0 Å². The van der Waals surface area contributed by atoms with Crippen LogP contribution in [-0.4, -0.2) is 65.2 Å². The minimum atomic E-state index is -1.20. The first-order valence-corrected chi connectivity index (χ1v) is 12.2. The monoisotopic (exact) mass is 494 g/mol. The SMILES string of the molecule is OCCO[C@H]1[C@H](O)[C@@H](OCc2ccccc2)[C@H](O)[C@H](OCc2ccccc2)[C@@H]1OCc1ccccc1. The molecule has 1 saturated carbocycles. The fourth-order valence-corrected chi connectivity index (χ4v) is 4.41. The molecule has 1 fully saturated rings. The fraction of sp³-hybridized carbons (Fsp3) is 0.379. The molecule has 0 heterocycles. The van der Waals surface area contributed by atoms with E-state index in [1.807, 2.05) is 91.0 Å². The van der Waals surface area contributed by atoms with E-state index in [-0.39, 0.29) is 33.0 Å². The molecule has 3 aromatic rings. The second-order valence-electron chi connectivity index (χ2n) is 8.82. The molecule has 0 aliphatic heterocycles. The Morgan fingerprint density at radius 1 is 0.472 bits per heavy atom. The van der Waals surface area contributed by atoms with Crippen molar-refractivity contribution in [1.82, 2.24) is 0 Å². The van der Waals surface area contributed by atoms with Gasteiger partial charge >= 0.3 is 0 Å². The maximum absolute atomic E-state index is 11.4. The summed E-state index contributed by atoms with van der Waals surface area (Å²) in [5.41, 5.74) is 2.78. The van der Waals surface area contributed by atoms with Crippen LogP contribution in [0.2, 0.25) is 0 Å². The minimum Gasteiger partial charge on any atom is -0.394 e. The Kier molecular flexibility index (Phi) is 10.0. The summed E-state index contributed by atoms with van der Waals surface area (Å²) in [5.74, 6) is 0. The zero-order valence-electron chi connectivity index (χ0n) is 20.1. The molecule has 1 aliphatic carbocycles. The third-order valence-electron chi connectivity index (χ3n) is 6.25. The predicted octanol–water partition coefficient (Wildman–Crippen LogP) is 2.86. The molecule has 192 valence electrons. The molecular weight excluding hydrogens is 460 g/mol. The van der Waals surface area contributed by atoms with Crippen molar-refractivity contribution in [2.45, 2.75) is 56.4 Å². The summed E-state index contributed by atoms with van der Waals surface area (Å²) < 4.78 is 24.3. The Bertz CT molecular complexity index is 1000. The van der Waals surface area contributed by atoms with Gasteiger partial charge in [0.1, 0.15) is 36.6 Å². The molecule has 7 nitrogen and oxygen atoms in total. The summed E-state index contributed by atoms with van der Waals surface area (Å²) >= 11 is 0. The molecule has 4 rings (SSSR count). The van der Waals surface area contributed by atoms with Gasteiger partial charge in [-0.05, 0) is 16.7 Å². The van der Waals surface area contributed by atoms with Gasteiger partial charge in [0.25, 0.3) is 0 Å². The molecule has 7 heteroatoms.